The van der Waals surface area contributed by atoms with Gasteiger partial charge >= 0.3 is 0 Å². The van der Waals surface area contributed by atoms with Crippen LogP contribution in [0, 0.1) is 0 Å². The van der Waals surface area contributed by atoms with E-state index in [1.54, 1.807) is 25.3 Å². The van der Waals surface area contributed by atoms with Gasteiger partial charge in [-0.15, -0.1) is 0 Å². The molecule has 3 nitrogen and oxygen atoms in total. The van der Waals surface area contributed by atoms with Gasteiger partial charge in [0.2, 0.25) is 0 Å². The summed E-state index contributed by atoms with van der Waals surface area (Å²) in [6.07, 6.45) is 0.699. The first-order valence-electron chi connectivity index (χ1n) is 5.39. The minimum atomic E-state index is -0.00652. The minimum Gasteiger partial charge on any atom is -0.496 e. The van der Waals surface area contributed by atoms with Gasteiger partial charge in [0.15, 0.2) is 5.43 Å². The maximum absolute atomic E-state index is 11.9. The molecule has 1 aromatic heterocycles. The lowest BCUT2D eigenvalue weighted by molar-refractivity contribution is 0.410. The van der Waals surface area contributed by atoms with E-state index >= 15 is 0 Å². The standard InChI is InChI=1S/C13H13BrO3/c1-3-8-6-11(15)9-4-5-12(16-2)10(7-14)13(9)17-8/h4-6H,3,7H2,1-2H3. The second-order valence-electron chi connectivity index (χ2n) is 3.69. The fraction of sp³-hybridized carbons (Fsp3) is 0.308. The Kier molecular flexibility index (Phi) is 3.52. The Morgan fingerprint density at radius 2 is 2.18 bits per heavy atom. The highest BCUT2D eigenvalue weighted by Gasteiger charge is 2.12. The summed E-state index contributed by atoms with van der Waals surface area (Å²) in [5.74, 6) is 1.42. The molecule has 90 valence electrons. The molecule has 0 atom stereocenters. The third-order valence-electron chi connectivity index (χ3n) is 2.71. The molecular formula is C13H13BrO3. The lowest BCUT2D eigenvalue weighted by Gasteiger charge is -2.09. The number of aryl methyl sites for hydroxylation is 1. The highest BCUT2D eigenvalue weighted by atomic mass is 79.9. The molecule has 17 heavy (non-hydrogen) atoms. The average Bonchev–Trinajstić information content (AvgIpc) is 2.36. The van der Waals surface area contributed by atoms with E-state index in [2.05, 4.69) is 15.9 Å². The summed E-state index contributed by atoms with van der Waals surface area (Å²) in [5.41, 5.74) is 1.48. The molecule has 1 aromatic carbocycles. The second-order valence-corrected chi connectivity index (χ2v) is 4.25. The number of rotatable bonds is 3. The molecule has 0 bridgehead atoms. The molecular weight excluding hydrogens is 284 g/mol. The van der Waals surface area contributed by atoms with Gasteiger partial charge in [0.1, 0.15) is 17.1 Å². The van der Waals surface area contributed by atoms with Gasteiger partial charge in [-0.2, -0.15) is 0 Å². The van der Waals surface area contributed by atoms with E-state index in [9.17, 15) is 4.79 Å². The van der Waals surface area contributed by atoms with E-state index < -0.39 is 0 Å². The first kappa shape index (κ1) is 12.2. The van der Waals surface area contributed by atoms with Crippen LogP contribution in [0.15, 0.2) is 27.4 Å². The Morgan fingerprint density at radius 1 is 1.41 bits per heavy atom. The van der Waals surface area contributed by atoms with Crippen molar-refractivity contribution >= 4 is 26.9 Å². The first-order valence-corrected chi connectivity index (χ1v) is 6.52. The van der Waals surface area contributed by atoms with Gasteiger partial charge in [-0.25, -0.2) is 0 Å². The van der Waals surface area contributed by atoms with Crippen molar-refractivity contribution in [2.45, 2.75) is 18.7 Å². The number of fused-ring (bicyclic) bond motifs is 1. The fourth-order valence-electron chi connectivity index (χ4n) is 1.80. The molecule has 0 amide bonds. The summed E-state index contributed by atoms with van der Waals surface area (Å²) in [5, 5.41) is 1.18. The molecule has 4 heteroatoms. The minimum absolute atomic E-state index is 0.00652. The van der Waals surface area contributed by atoms with Crippen LogP contribution in [0.1, 0.15) is 18.2 Å². The largest absolute Gasteiger partial charge is 0.496 e. The van der Waals surface area contributed by atoms with Crippen molar-refractivity contribution in [3.05, 3.63) is 39.7 Å². The van der Waals surface area contributed by atoms with Gasteiger partial charge in [-0.05, 0) is 12.1 Å². The third kappa shape index (κ3) is 2.09. The summed E-state index contributed by atoms with van der Waals surface area (Å²) in [7, 11) is 1.61. The number of benzene rings is 1. The van der Waals surface area contributed by atoms with E-state index in [1.165, 1.54) is 0 Å². The smallest absolute Gasteiger partial charge is 0.192 e. The SMILES string of the molecule is CCc1cc(=O)c2ccc(OC)c(CBr)c2o1. The summed E-state index contributed by atoms with van der Waals surface area (Å²) < 4.78 is 11.0. The lowest BCUT2D eigenvalue weighted by atomic mass is 10.1. The third-order valence-corrected chi connectivity index (χ3v) is 3.27. The predicted octanol–water partition coefficient (Wildman–Crippen LogP) is 3.26. The summed E-state index contributed by atoms with van der Waals surface area (Å²) >= 11 is 3.40. The Labute approximate surface area is 108 Å². The lowest BCUT2D eigenvalue weighted by Crippen LogP contribution is -2.03. The van der Waals surface area contributed by atoms with Gasteiger partial charge in [-0.1, -0.05) is 22.9 Å². The molecule has 0 unspecified atom stereocenters. The van der Waals surface area contributed by atoms with Crippen molar-refractivity contribution in [3.8, 4) is 5.75 Å². The number of halogens is 1. The summed E-state index contributed by atoms with van der Waals surface area (Å²) in [4.78, 5) is 11.9. The van der Waals surface area contributed by atoms with Crippen LogP contribution in [0.25, 0.3) is 11.0 Å². The van der Waals surface area contributed by atoms with Gasteiger partial charge < -0.3 is 9.15 Å². The van der Waals surface area contributed by atoms with Gasteiger partial charge in [0, 0.05) is 23.4 Å². The molecule has 0 N–H and O–H groups in total. The van der Waals surface area contributed by atoms with Crippen LogP contribution in [0.4, 0.5) is 0 Å². The van der Waals surface area contributed by atoms with Gasteiger partial charge in [-0.3, -0.25) is 4.79 Å². The molecule has 0 aliphatic carbocycles. The monoisotopic (exact) mass is 296 g/mol. The maximum atomic E-state index is 11.9. The molecule has 0 aliphatic rings. The van der Waals surface area contributed by atoms with Crippen LogP contribution in [0.3, 0.4) is 0 Å². The van der Waals surface area contributed by atoms with Crippen molar-refractivity contribution in [1.29, 1.82) is 0 Å². The molecule has 0 aliphatic heterocycles. The van der Waals surface area contributed by atoms with E-state index in [1.807, 2.05) is 6.92 Å². The molecule has 0 fully saturated rings. The van der Waals surface area contributed by atoms with Crippen LogP contribution in [0.5, 0.6) is 5.75 Å². The zero-order chi connectivity index (χ0) is 12.4. The molecule has 2 aromatic rings. The van der Waals surface area contributed by atoms with Crippen molar-refractivity contribution in [3.63, 3.8) is 0 Å². The van der Waals surface area contributed by atoms with Crippen LogP contribution in [0.2, 0.25) is 0 Å². The number of hydrogen-bond acceptors (Lipinski definition) is 3. The van der Waals surface area contributed by atoms with Crippen LogP contribution >= 0.6 is 15.9 Å². The Balaban J connectivity index is 2.86. The second kappa shape index (κ2) is 4.92. The summed E-state index contributed by atoms with van der Waals surface area (Å²) in [6, 6.07) is 5.08. The van der Waals surface area contributed by atoms with Crippen molar-refractivity contribution < 1.29 is 9.15 Å². The number of ether oxygens (including phenoxy) is 1. The topological polar surface area (TPSA) is 39.4 Å². The molecule has 0 radical (unpaired) electrons. The first-order chi connectivity index (χ1) is 8.21. The maximum Gasteiger partial charge on any atom is 0.192 e. The van der Waals surface area contributed by atoms with E-state index in [-0.39, 0.29) is 5.43 Å². The summed E-state index contributed by atoms with van der Waals surface area (Å²) in [6.45, 7) is 1.96. The Morgan fingerprint density at radius 3 is 2.76 bits per heavy atom. The van der Waals surface area contributed by atoms with Gasteiger partial charge in [0.05, 0.1) is 12.5 Å². The van der Waals surface area contributed by atoms with Crippen molar-refractivity contribution in [2.24, 2.45) is 0 Å². The number of methoxy groups -OCH3 is 1. The molecule has 1 heterocycles. The molecule has 0 saturated heterocycles. The zero-order valence-electron chi connectivity index (χ0n) is 9.75. The zero-order valence-corrected chi connectivity index (χ0v) is 11.3. The molecule has 0 spiro atoms. The van der Waals surface area contributed by atoms with Crippen molar-refractivity contribution in [1.82, 2.24) is 0 Å². The quantitative estimate of drug-likeness (QED) is 0.816. The van der Waals surface area contributed by atoms with Gasteiger partial charge in [0.25, 0.3) is 0 Å². The van der Waals surface area contributed by atoms with E-state index in [0.29, 0.717) is 28.5 Å². The highest BCUT2D eigenvalue weighted by molar-refractivity contribution is 9.08. The number of alkyl halides is 1. The van der Waals surface area contributed by atoms with E-state index in [4.69, 9.17) is 9.15 Å². The molecule has 0 saturated carbocycles. The normalized spacial score (nSPS) is 10.8. The van der Waals surface area contributed by atoms with Crippen LogP contribution < -0.4 is 10.2 Å². The van der Waals surface area contributed by atoms with Crippen molar-refractivity contribution in [2.75, 3.05) is 7.11 Å². The predicted molar refractivity (Wildman–Crippen MR) is 71.0 cm³/mol. The fourth-order valence-corrected chi connectivity index (χ4v) is 2.33. The highest BCUT2D eigenvalue weighted by Crippen LogP contribution is 2.29. The van der Waals surface area contributed by atoms with Crippen LogP contribution in [-0.2, 0) is 11.8 Å². The Hall–Kier alpha value is -1.29. The number of hydrogen-bond donors (Lipinski definition) is 0. The van der Waals surface area contributed by atoms with E-state index in [0.717, 1.165) is 11.3 Å². The molecule has 2 rings (SSSR count). The van der Waals surface area contributed by atoms with Crippen LogP contribution in [-0.4, -0.2) is 7.11 Å². The average molecular weight is 297 g/mol. The Bertz CT molecular complexity index is 601.